The molecule has 1 aliphatic carbocycles. The van der Waals surface area contributed by atoms with Gasteiger partial charge in [0, 0.05) is 11.1 Å². The summed E-state index contributed by atoms with van der Waals surface area (Å²) in [6.45, 7) is 1.90. The highest BCUT2D eigenvalue weighted by Crippen LogP contribution is 2.45. The number of benzene rings is 1. The van der Waals surface area contributed by atoms with Crippen LogP contribution >= 0.6 is 0 Å². The van der Waals surface area contributed by atoms with Crippen molar-refractivity contribution in [3.8, 4) is 17.2 Å². The smallest absolute Gasteiger partial charge is 0.167 e. The van der Waals surface area contributed by atoms with E-state index in [1.54, 1.807) is 14.2 Å². The van der Waals surface area contributed by atoms with Crippen molar-refractivity contribution in [2.45, 2.75) is 44.9 Å². The van der Waals surface area contributed by atoms with E-state index in [2.05, 4.69) is 0 Å². The van der Waals surface area contributed by atoms with E-state index in [9.17, 15) is 5.11 Å². The van der Waals surface area contributed by atoms with Gasteiger partial charge in [0.1, 0.15) is 5.75 Å². The van der Waals surface area contributed by atoms with Crippen molar-refractivity contribution in [3.63, 3.8) is 0 Å². The predicted octanol–water partition coefficient (Wildman–Crippen LogP) is 3.77. The van der Waals surface area contributed by atoms with Crippen molar-refractivity contribution < 1.29 is 14.6 Å². The molecule has 0 radical (unpaired) electrons. The number of hydrogen-bond donors (Lipinski definition) is 1. The summed E-state index contributed by atoms with van der Waals surface area (Å²) < 4.78 is 10.7. The molecule has 0 saturated heterocycles. The normalized spacial score (nSPS) is 16.6. The Kier molecular flexibility index (Phi) is 4.00. The van der Waals surface area contributed by atoms with Gasteiger partial charge < -0.3 is 14.6 Å². The molecule has 1 N–H and O–H groups in total. The van der Waals surface area contributed by atoms with Gasteiger partial charge in [-0.15, -0.1) is 0 Å². The molecule has 1 aromatic carbocycles. The molecule has 1 saturated carbocycles. The van der Waals surface area contributed by atoms with Crippen LogP contribution in [0.5, 0.6) is 17.2 Å². The van der Waals surface area contributed by atoms with Gasteiger partial charge in [-0.3, -0.25) is 0 Å². The highest BCUT2D eigenvalue weighted by molar-refractivity contribution is 5.58. The lowest BCUT2D eigenvalue weighted by Gasteiger charge is -2.25. The molecule has 0 aliphatic heterocycles. The van der Waals surface area contributed by atoms with E-state index in [-0.39, 0.29) is 0 Å². The maximum absolute atomic E-state index is 10.4. The lowest BCUT2D eigenvalue weighted by Crippen LogP contribution is -2.06. The molecule has 1 fully saturated rings. The third-order valence-corrected chi connectivity index (χ3v) is 3.95. The third-order valence-electron chi connectivity index (χ3n) is 3.95. The predicted molar refractivity (Wildman–Crippen MR) is 71.8 cm³/mol. The van der Waals surface area contributed by atoms with Crippen LogP contribution in [0.15, 0.2) is 6.07 Å². The first-order chi connectivity index (χ1) is 8.69. The molecule has 100 valence electrons. The Hall–Kier alpha value is -1.38. The zero-order chi connectivity index (χ0) is 13.1. The van der Waals surface area contributed by atoms with E-state index in [4.69, 9.17) is 9.47 Å². The van der Waals surface area contributed by atoms with Crippen LogP contribution in [0.4, 0.5) is 0 Å². The van der Waals surface area contributed by atoms with Gasteiger partial charge in [0.05, 0.1) is 14.2 Å². The van der Waals surface area contributed by atoms with Gasteiger partial charge in [-0.2, -0.15) is 0 Å². The molecule has 0 amide bonds. The standard InChI is InChI=1S/C15H22O3/c1-10-13(17-2)9-12(14(16)15(10)18-3)11-7-5-4-6-8-11/h9,11,16H,4-8H2,1-3H3. The first-order valence-corrected chi connectivity index (χ1v) is 6.63. The van der Waals surface area contributed by atoms with E-state index in [0.717, 1.165) is 29.7 Å². The minimum Gasteiger partial charge on any atom is -0.504 e. The zero-order valence-electron chi connectivity index (χ0n) is 11.5. The quantitative estimate of drug-likeness (QED) is 0.887. The summed E-state index contributed by atoms with van der Waals surface area (Å²) in [6.07, 6.45) is 6.06. The number of rotatable bonds is 3. The van der Waals surface area contributed by atoms with Crippen LogP contribution in [-0.2, 0) is 0 Å². The van der Waals surface area contributed by atoms with E-state index in [1.807, 2.05) is 13.0 Å². The van der Waals surface area contributed by atoms with E-state index < -0.39 is 0 Å². The van der Waals surface area contributed by atoms with Crippen LogP contribution in [0.3, 0.4) is 0 Å². The number of methoxy groups -OCH3 is 2. The Morgan fingerprint density at radius 1 is 1.11 bits per heavy atom. The van der Waals surface area contributed by atoms with Crippen LogP contribution in [0.1, 0.15) is 49.1 Å². The highest BCUT2D eigenvalue weighted by atomic mass is 16.5. The molecule has 1 aliphatic rings. The Balaban J connectivity index is 2.45. The Morgan fingerprint density at radius 3 is 2.33 bits per heavy atom. The second kappa shape index (κ2) is 5.51. The molecule has 3 heteroatoms. The molecule has 3 nitrogen and oxygen atoms in total. The van der Waals surface area contributed by atoms with Crippen LogP contribution < -0.4 is 9.47 Å². The van der Waals surface area contributed by atoms with Crippen LogP contribution in [0, 0.1) is 6.92 Å². The number of aromatic hydroxyl groups is 1. The molecule has 0 heterocycles. The molecule has 2 rings (SSSR count). The van der Waals surface area contributed by atoms with Crippen molar-refractivity contribution in [1.29, 1.82) is 0 Å². The molecule has 0 unspecified atom stereocenters. The Labute approximate surface area is 109 Å². The first kappa shape index (κ1) is 13.1. The average Bonchev–Trinajstić information content (AvgIpc) is 2.41. The highest BCUT2D eigenvalue weighted by Gasteiger charge is 2.23. The maximum Gasteiger partial charge on any atom is 0.167 e. The Morgan fingerprint density at radius 2 is 1.78 bits per heavy atom. The van der Waals surface area contributed by atoms with Gasteiger partial charge >= 0.3 is 0 Å². The van der Waals surface area contributed by atoms with Crippen LogP contribution in [-0.4, -0.2) is 19.3 Å². The molecular weight excluding hydrogens is 228 g/mol. The van der Waals surface area contributed by atoms with Gasteiger partial charge in [-0.25, -0.2) is 0 Å². The van der Waals surface area contributed by atoms with Crippen molar-refractivity contribution >= 4 is 0 Å². The fourth-order valence-electron chi connectivity index (χ4n) is 2.93. The molecule has 0 spiro atoms. The summed E-state index contributed by atoms with van der Waals surface area (Å²) in [6, 6.07) is 1.98. The third kappa shape index (κ3) is 2.26. The van der Waals surface area contributed by atoms with Gasteiger partial charge in [-0.05, 0) is 31.7 Å². The number of phenolic OH excluding ortho intramolecular Hbond substituents is 1. The summed E-state index contributed by atoms with van der Waals surface area (Å²) in [5.41, 5.74) is 1.84. The van der Waals surface area contributed by atoms with Gasteiger partial charge in [0.2, 0.25) is 0 Å². The summed E-state index contributed by atoms with van der Waals surface area (Å²) in [5.74, 6) is 2.07. The van der Waals surface area contributed by atoms with Crippen LogP contribution in [0.25, 0.3) is 0 Å². The number of hydrogen-bond acceptors (Lipinski definition) is 3. The molecule has 0 bridgehead atoms. The lowest BCUT2D eigenvalue weighted by atomic mass is 9.83. The topological polar surface area (TPSA) is 38.7 Å². The molecule has 1 aromatic rings. The second-order valence-corrected chi connectivity index (χ2v) is 5.01. The van der Waals surface area contributed by atoms with Gasteiger partial charge in [0.15, 0.2) is 11.5 Å². The summed E-state index contributed by atoms with van der Waals surface area (Å²) in [4.78, 5) is 0. The SMILES string of the molecule is COc1cc(C2CCCCC2)c(O)c(OC)c1C. The van der Waals surface area contributed by atoms with Gasteiger partial charge in [0.25, 0.3) is 0 Å². The molecule has 0 aromatic heterocycles. The fraction of sp³-hybridized carbons (Fsp3) is 0.600. The van der Waals surface area contributed by atoms with E-state index in [1.165, 1.54) is 19.3 Å². The maximum atomic E-state index is 10.4. The van der Waals surface area contributed by atoms with Crippen molar-refractivity contribution in [1.82, 2.24) is 0 Å². The number of ether oxygens (including phenoxy) is 2. The summed E-state index contributed by atoms with van der Waals surface area (Å²) >= 11 is 0. The number of phenols is 1. The van der Waals surface area contributed by atoms with Crippen molar-refractivity contribution in [2.24, 2.45) is 0 Å². The molecule has 18 heavy (non-hydrogen) atoms. The first-order valence-electron chi connectivity index (χ1n) is 6.63. The van der Waals surface area contributed by atoms with Crippen molar-refractivity contribution in [2.75, 3.05) is 14.2 Å². The Bertz CT molecular complexity index is 420. The average molecular weight is 250 g/mol. The van der Waals surface area contributed by atoms with Crippen molar-refractivity contribution in [3.05, 3.63) is 17.2 Å². The minimum atomic E-state index is 0.294. The van der Waals surface area contributed by atoms with Crippen LogP contribution in [0.2, 0.25) is 0 Å². The lowest BCUT2D eigenvalue weighted by molar-refractivity contribution is 0.348. The summed E-state index contributed by atoms with van der Waals surface area (Å²) in [7, 11) is 3.25. The summed E-state index contributed by atoms with van der Waals surface area (Å²) in [5, 5.41) is 10.4. The zero-order valence-corrected chi connectivity index (χ0v) is 11.5. The molecule has 0 atom stereocenters. The van der Waals surface area contributed by atoms with E-state index in [0.29, 0.717) is 17.4 Å². The minimum absolute atomic E-state index is 0.294. The van der Waals surface area contributed by atoms with E-state index >= 15 is 0 Å². The second-order valence-electron chi connectivity index (χ2n) is 5.01. The largest absolute Gasteiger partial charge is 0.504 e. The fourth-order valence-corrected chi connectivity index (χ4v) is 2.93. The molecular formula is C15H22O3. The monoisotopic (exact) mass is 250 g/mol. The van der Waals surface area contributed by atoms with Gasteiger partial charge in [-0.1, -0.05) is 19.3 Å².